The molecule has 0 aliphatic carbocycles. The molecule has 1 aromatic heterocycles. The van der Waals surface area contributed by atoms with Gasteiger partial charge in [0.25, 0.3) is 0 Å². The van der Waals surface area contributed by atoms with E-state index >= 15 is 0 Å². The van der Waals surface area contributed by atoms with Gasteiger partial charge in [0.15, 0.2) is 0 Å². The zero-order valence-corrected chi connectivity index (χ0v) is 14.0. The molecule has 2 amide bonds. The molecular weight excluding hydrogens is 320 g/mol. The molecule has 0 radical (unpaired) electrons. The highest BCUT2D eigenvalue weighted by molar-refractivity contribution is 5.83. The summed E-state index contributed by atoms with van der Waals surface area (Å²) in [6.07, 6.45) is 2.47. The molecule has 0 bridgehead atoms. The Morgan fingerprint density at radius 1 is 1.32 bits per heavy atom. The Kier molecular flexibility index (Phi) is 5.57. The first-order chi connectivity index (χ1) is 12.1. The molecule has 0 spiro atoms. The highest BCUT2D eigenvalue weighted by Crippen LogP contribution is 2.16. The molecule has 1 aromatic carbocycles. The Morgan fingerprint density at radius 3 is 3.00 bits per heavy atom. The van der Waals surface area contributed by atoms with Crippen LogP contribution in [0.25, 0.3) is 10.9 Å². The average Bonchev–Trinajstić information content (AvgIpc) is 2.62. The molecule has 1 saturated heterocycles. The number of fused-ring (bicyclic) bond motifs is 1. The number of para-hydroxylation sites is 1. The Bertz CT molecular complexity index is 760. The largest absolute Gasteiger partial charge is 0.378 e. The van der Waals surface area contributed by atoms with Crippen LogP contribution in [-0.2, 0) is 20.7 Å². The second kappa shape index (κ2) is 8.04. The summed E-state index contributed by atoms with van der Waals surface area (Å²) >= 11 is 0. The van der Waals surface area contributed by atoms with Crippen molar-refractivity contribution in [3.63, 3.8) is 0 Å². The summed E-state index contributed by atoms with van der Waals surface area (Å²) in [6.45, 7) is 1.92. The summed E-state index contributed by atoms with van der Waals surface area (Å²) < 4.78 is 5.25. The number of pyridine rings is 1. The minimum absolute atomic E-state index is 0.124. The Labute approximate surface area is 146 Å². The van der Waals surface area contributed by atoms with E-state index in [9.17, 15) is 9.59 Å². The van der Waals surface area contributed by atoms with Crippen molar-refractivity contribution in [3.05, 3.63) is 42.1 Å². The van der Waals surface area contributed by atoms with Crippen LogP contribution in [0.1, 0.15) is 5.56 Å². The number of rotatable bonds is 6. The van der Waals surface area contributed by atoms with E-state index in [1.54, 1.807) is 11.1 Å². The van der Waals surface area contributed by atoms with E-state index in [1.807, 2.05) is 30.3 Å². The topological polar surface area (TPSA) is 97.6 Å². The molecule has 1 fully saturated rings. The molecule has 1 aliphatic rings. The molecule has 7 nitrogen and oxygen atoms in total. The molecule has 1 aliphatic heterocycles. The molecule has 0 saturated carbocycles. The van der Waals surface area contributed by atoms with E-state index in [0.717, 1.165) is 16.5 Å². The van der Waals surface area contributed by atoms with Crippen molar-refractivity contribution in [1.29, 1.82) is 0 Å². The number of hydrogen-bond donors (Lipinski definition) is 2. The van der Waals surface area contributed by atoms with Crippen LogP contribution in [0, 0.1) is 0 Å². The summed E-state index contributed by atoms with van der Waals surface area (Å²) in [6, 6.07) is 9.42. The van der Waals surface area contributed by atoms with Gasteiger partial charge in [-0.05, 0) is 18.1 Å². The highest BCUT2D eigenvalue weighted by atomic mass is 16.5. The lowest BCUT2D eigenvalue weighted by Gasteiger charge is -2.32. The van der Waals surface area contributed by atoms with Gasteiger partial charge in [0.1, 0.15) is 6.04 Å². The van der Waals surface area contributed by atoms with Gasteiger partial charge in [-0.25, -0.2) is 0 Å². The molecule has 2 heterocycles. The van der Waals surface area contributed by atoms with Crippen LogP contribution in [0.5, 0.6) is 0 Å². The monoisotopic (exact) mass is 342 g/mol. The zero-order valence-electron chi connectivity index (χ0n) is 14.0. The van der Waals surface area contributed by atoms with E-state index in [2.05, 4.69) is 10.3 Å². The lowest BCUT2D eigenvalue weighted by atomic mass is 10.1. The van der Waals surface area contributed by atoms with Crippen LogP contribution in [0.3, 0.4) is 0 Å². The first-order valence-corrected chi connectivity index (χ1v) is 8.35. The summed E-state index contributed by atoms with van der Waals surface area (Å²) in [5.74, 6) is -0.587. The van der Waals surface area contributed by atoms with Crippen LogP contribution < -0.4 is 11.1 Å². The number of primary amides is 1. The third-order valence-corrected chi connectivity index (χ3v) is 4.35. The van der Waals surface area contributed by atoms with E-state index < -0.39 is 11.9 Å². The number of morpholine rings is 1. The molecule has 132 valence electrons. The molecule has 7 heteroatoms. The number of ether oxygens (including phenoxy) is 1. The lowest BCUT2D eigenvalue weighted by molar-refractivity contribution is -0.132. The van der Waals surface area contributed by atoms with Gasteiger partial charge in [-0.2, -0.15) is 0 Å². The van der Waals surface area contributed by atoms with Gasteiger partial charge in [-0.1, -0.05) is 24.3 Å². The van der Waals surface area contributed by atoms with Crippen molar-refractivity contribution < 1.29 is 14.3 Å². The summed E-state index contributed by atoms with van der Waals surface area (Å²) in [5.41, 5.74) is 7.42. The number of nitrogens with one attached hydrogen (secondary N) is 1. The van der Waals surface area contributed by atoms with Gasteiger partial charge in [0, 0.05) is 24.7 Å². The second-order valence-electron chi connectivity index (χ2n) is 6.06. The third kappa shape index (κ3) is 4.32. The van der Waals surface area contributed by atoms with Crippen molar-refractivity contribution >= 4 is 22.7 Å². The highest BCUT2D eigenvalue weighted by Gasteiger charge is 2.28. The van der Waals surface area contributed by atoms with Gasteiger partial charge in [-0.15, -0.1) is 0 Å². The molecule has 3 rings (SSSR count). The molecule has 3 N–H and O–H groups in total. The first-order valence-electron chi connectivity index (χ1n) is 8.35. The van der Waals surface area contributed by atoms with Crippen LogP contribution in [0.2, 0.25) is 0 Å². The Balaban J connectivity index is 1.53. The van der Waals surface area contributed by atoms with Crippen molar-refractivity contribution in [1.82, 2.24) is 15.2 Å². The van der Waals surface area contributed by atoms with E-state index in [4.69, 9.17) is 10.5 Å². The minimum atomic E-state index is -0.540. The van der Waals surface area contributed by atoms with Crippen LogP contribution in [0.15, 0.2) is 36.5 Å². The number of nitrogens with two attached hydrogens (primary N) is 1. The summed E-state index contributed by atoms with van der Waals surface area (Å²) in [7, 11) is 0. The second-order valence-corrected chi connectivity index (χ2v) is 6.06. The van der Waals surface area contributed by atoms with Gasteiger partial charge >= 0.3 is 0 Å². The maximum atomic E-state index is 12.2. The normalized spacial score (nSPS) is 18.2. The first kappa shape index (κ1) is 17.3. The number of hydrogen-bond acceptors (Lipinski definition) is 5. The van der Waals surface area contributed by atoms with Crippen LogP contribution in [-0.4, -0.2) is 60.6 Å². The number of amides is 2. The third-order valence-electron chi connectivity index (χ3n) is 4.35. The Morgan fingerprint density at radius 2 is 2.16 bits per heavy atom. The SMILES string of the molecule is NC(=O)[C@H]1COCCN1CC(=O)NCCc1cccc2cccnc12. The lowest BCUT2D eigenvalue weighted by Crippen LogP contribution is -2.55. The fourth-order valence-corrected chi connectivity index (χ4v) is 3.04. The quantitative estimate of drug-likeness (QED) is 0.775. The standard InChI is InChI=1S/C18H22N4O3/c19-18(24)15-12-25-10-9-22(15)11-16(23)20-8-6-14-4-1-3-13-5-2-7-21-17(13)14/h1-5,7,15H,6,8-12H2,(H2,19,24)(H,20,23)/t15-/m1/s1. The van der Waals surface area contributed by atoms with Gasteiger partial charge in [-0.3, -0.25) is 19.5 Å². The maximum Gasteiger partial charge on any atom is 0.237 e. The predicted molar refractivity (Wildman–Crippen MR) is 93.8 cm³/mol. The van der Waals surface area contributed by atoms with Crippen molar-refractivity contribution in [2.75, 3.05) is 32.8 Å². The van der Waals surface area contributed by atoms with Crippen molar-refractivity contribution in [2.24, 2.45) is 5.73 Å². The molecular formula is C18H22N4O3. The molecule has 1 atom stereocenters. The van der Waals surface area contributed by atoms with Gasteiger partial charge in [0.2, 0.25) is 11.8 Å². The summed E-state index contributed by atoms with van der Waals surface area (Å²) in [4.78, 5) is 29.8. The average molecular weight is 342 g/mol. The van der Waals surface area contributed by atoms with E-state index in [0.29, 0.717) is 26.1 Å². The number of aromatic nitrogens is 1. The fraction of sp³-hybridized carbons (Fsp3) is 0.389. The fourth-order valence-electron chi connectivity index (χ4n) is 3.04. The zero-order chi connectivity index (χ0) is 17.6. The number of carbonyl (C=O) groups is 2. The number of benzene rings is 1. The smallest absolute Gasteiger partial charge is 0.237 e. The Hall–Kier alpha value is -2.51. The van der Waals surface area contributed by atoms with Gasteiger partial charge in [0.05, 0.1) is 25.3 Å². The number of nitrogens with zero attached hydrogens (tertiary/aromatic N) is 2. The maximum absolute atomic E-state index is 12.2. The predicted octanol–water partition coefficient (Wildman–Crippen LogP) is 0.0796. The van der Waals surface area contributed by atoms with E-state index in [1.165, 1.54) is 0 Å². The van der Waals surface area contributed by atoms with Crippen molar-refractivity contribution in [2.45, 2.75) is 12.5 Å². The van der Waals surface area contributed by atoms with E-state index in [-0.39, 0.29) is 19.1 Å². The molecule has 2 aromatic rings. The van der Waals surface area contributed by atoms with Crippen LogP contribution in [0.4, 0.5) is 0 Å². The minimum Gasteiger partial charge on any atom is -0.378 e. The van der Waals surface area contributed by atoms with Crippen molar-refractivity contribution in [3.8, 4) is 0 Å². The van der Waals surface area contributed by atoms with Gasteiger partial charge < -0.3 is 15.8 Å². The summed E-state index contributed by atoms with van der Waals surface area (Å²) in [5, 5.41) is 3.99. The van der Waals surface area contributed by atoms with Crippen LogP contribution >= 0.6 is 0 Å². The molecule has 0 unspecified atom stereocenters. The number of carbonyl (C=O) groups excluding carboxylic acids is 2. The molecule has 25 heavy (non-hydrogen) atoms.